The lowest BCUT2D eigenvalue weighted by molar-refractivity contribution is 0.102. The molecule has 0 aromatic heterocycles. The van der Waals surface area contributed by atoms with E-state index in [1.807, 2.05) is 36.4 Å². The van der Waals surface area contributed by atoms with E-state index in [4.69, 9.17) is 0 Å². The highest BCUT2D eigenvalue weighted by atomic mass is 79.9. The third-order valence-electron chi connectivity index (χ3n) is 4.49. The molecule has 126 valence electrons. The average molecular weight is 387 g/mol. The van der Waals surface area contributed by atoms with Crippen molar-refractivity contribution in [2.45, 2.75) is 26.3 Å². The van der Waals surface area contributed by atoms with Gasteiger partial charge in [0, 0.05) is 23.1 Å². The number of rotatable bonds is 4. The fourth-order valence-electron chi connectivity index (χ4n) is 3.21. The first-order chi connectivity index (χ1) is 11.6. The summed E-state index contributed by atoms with van der Waals surface area (Å²) >= 11 is 3.45. The van der Waals surface area contributed by atoms with Gasteiger partial charge >= 0.3 is 0 Å². The molecular weight excluding hydrogens is 364 g/mol. The topological polar surface area (TPSA) is 32.3 Å². The average Bonchev–Trinajstić information content (AvgIpc) is 2.57. The second kappa shape index (κ2) is 7.95. The Balaban J connectivity index is 1.61. The summed E-state index contributed by atoms with van der Waals surface area (Å²) in [7, 11) is 0. The van der Waals surface area contributed by atoms with Gasteiger partial charge in [-0.3, -0.25) is 9.69 Å². The Hall–Kier alpha value is -1.65. The van der Waals surface area contributed by atoms with E-state index in [0.717, 1.165) is 22.6 Å². The minimum Gasteiger partial charge on any atom is -0.321 e. The van der Waals surface area contributed by atoms with Crippen LogP contribution in [0.25, 0.3) is 0 Å². The van der Waals surface area contributed by atoms with Crippen LogP contribution >= 0.6 is 15.9 Å². The van der Waals surface area contributed by atoms with Crippen LogP contribution in [0.4, 0.5) is 5.69 Å². The largest absolute Gasteiger partial charge is 0.321 e. The Labute approximate surface area is 152 Å². The second-order valence-corrected chi connectivity index (χ2v) is 7.47. The van der Waals surface area contributed by atoms with Crippen LogP contribution in [0.2, 0.25) is 0 Å². The van der Waals surface area contributed by atoms with E-state index in [2.05, 4.69) is 45.2 Å². The molecule has 0 radical (unpaired) electrons. The molecule has 3 nitrogen and oxygen atoms in total. The maximum Gasteiger partial charge on any atom is 0.255 e. The van der Waals surface area contributed by atoms with E-state index in [-0.39, 0.29) is 5.91 Å². The molecule has 0 spiro atoms. The van der Waals surface area contributed by atoms with Crippen molar-refractivity contribution in [1.82, 2.24) is 4.90 Å². The van der Waals surface area contributed by atoms with Crippen LogP contribution in [-0.2, 0) is 6.54 Å². The smallest absolute Gasteiger partial charge is 0.255 e. The zero-order valence-corrected chi connectivity index (χ0v) is 15.6. The molecule has 0 aliphatic carbocycles. The van der Waals surface area contributed by atoms with Crippen LogP contribution in [-0.4, -0.2) is 23.9 Å². The second-order valence-electron chi connectivity index (χ2n) is 6.61. The van der Waals surface area contributed by atoms with Crippen LogP contribution in [0.1, 0.15) is 35.7 Å². The van der Waals surface area contributed by atoms with Gasteiger partial charge in [-0.15, -0.1) is 0 Å². The highest BCUT2D eigenvalue weighted by Crippen LogP contribution is 2.22. The minimum absolute atomic E-state index is 0.0833. The Morgan fingerprint density at radius 3 is 2.67 bits per heavy atom. The molecule has 2 aromatic rings. The van der Waals surface area contributed by atoms with Gasteiger partial charge in [-0.05, 0) is 71.1 Å². The SMILES string of the molecule is CC1CCCN(Cc2ccc(C(=O)Nc3ccccc3Br)cc2)C1. The first kappa shape index (κ1) is 17.2. The number of benzene rings is 2. The molecule has 0 bridgehead atoms. The van der Waals surface area contributed by atoms with Gasteiger partial charge in [0.25, 0.3) is 5.91 Å². The number of halogens is 1. The molecular formula is C20H23BrN2O. The lowest BCUT2D eigenvalue weighted by Gasteiger charge is -2.30. The number of amides is 1. The maximum absolute atomic E-state index is 12.4. The molecule has 24 heavy (non-hydrogen) atoms. The number of nitrogens with one attached hydrogen (secondary N) is 1. The lowest BCUT2D eigenvalue weighted by atomic mass is 9.99. The van der Waals surface area contributed by atoms with Gasteiger partial charge in [-0.2, -0.15) is 0 Å². The maximum atomic E-state index is 12.4. The summed E-state index contributed by atoms with van der Waals surface area (Å²) in [4.78, 5) is 14.9. The molecule has 1 aliphatic rings. The van der Waals surface area contributed by atoms with Crippen LogP contribution in [0.15, 0.2) is 53.0 Å². The van der Waals surface area contributed by atoms with E-state index in [1.165, 1.54) is 31.5 Å². The number of carbonyl (C=O) groups is 1. The predicted octanol–water partition coefficient (Wildman–Crippen LogP) is 4.93. The lowest BCUT2D eigenvalue weighted by Crippen LogP contribution is -2.33. The number of carbonyl (C=O) groups excluding carboxylic acids is 1. The molecule has 1 atom stereocenters. The summed E-state index contributed by atoms with van der Waals surface area (Å²) in [5.41, 5.74) is 2.73. The van der Waals surface area contributed by atoms with Gasteiger partial charge in [-0.1, -0.05) is 31.2 Å². The van der Waals surface area contributed by atoms with Crippen LogP contribution < -0.4 is 5.32 Å². The van der Waals surface area contributed by atoms with Crippen molar-refractivity contribution in [3.8, 4) is 0 Å². The van der Waals surface area contributed by atoms with Gasteiger partial charge in [0.2, 0.25) is 0 Å². The highest BCUT2D eigenvalue weighted by molar-refractivity contribution is 9.10. The first-order valence-electron chi connectivity index (χ1n) is 8.49. The normalized spacial score (nSPS) is 18.3. The van der Waals surface area contributed by atoms with Crippen molar-refractivity contribution in [2.24, 2.45) is 5.92 Å². The zero-order valence-electron chi connectivity index (χ0n) is 14.0. The summed E-state index contributed by atoms with van der Waals surface area (Å²) in [6.07, 6.45) is 2.62. The molecule has 4 heteroatoms. The number of hydrogen-bond donors (Lipinski definition) is 1. The van der Waals surface area contributed by atoms with Crippen LogP contribution in [0.3, 0.4) is 0 Å². The fraction of sp³-hybridized carbons (Fsp3) is 0.350. The van der Waals surface area contributed by atoms with Crippen molar-refractivity contribution >= 4 is 27.5 Å². The molecule has 2 aromatic carbocycles. The van der Waals surface area contributed by atoms with E-state index in [9.17, 15) is 4.79 Å². The zero-order chi connectivity index (χ0) is 16.9. The monoisotopic (exact) mass is 386 g/mol. The fourth-order valence-corrected chi connectivity index (χ4v) is 3.59. The molecule has 1 aliphatic heterocycles. The number of piperidine rings is 1. The van der Waals surface area contributed by atoms with Gasteiger partial charge in [0.1, 0.15) is 0 Å². The summed E-state index contributed by atoms with van der Waals surface area (Å²) < 4.78 is 0.884. The van der Waals surface area contributed by atoms with Crippen molar-refractivity contribution in [3.63, 3.8) is 0 Å². The Kier molecular flexibility index (Phi) is 5.69. The molecule has 1 heterocycles. The number of nitrogens with zero attached hydrogens (tertiary/aromatic N) is 1. The number of likely N-dealkylation sites (tertiary alicyclic amines) is 1. The molecule has 0 saturated carbocycles. The molecule has 1 N–H and O–H groups in total. The van der Waals surface area contributed by atoms with Gasteiger partial charge < -0.3 is 5.32 Å². The van der Waals surface area contributed by atoms with E-state index < -0.39 is 0 Å². The van der Waals surface area contributed by atoms with Gasteiger partial charge in [0.15, 0.2) is 0 Å². The number of anilines is 1. The molecule has 1 saturated heterocycles. The van der Waals surface area contributed by atoms with E-state index in [0.29, 0.717) is 5.56 Å². The number of para-hydroxylation sites is 1. The molecule has 1 amide bonds. The van der Waals surface area contributed by atoms with E-state index >= 15 is 0 Å². The van der Waals surface area contributed by atoms with Crippen LogP contribution in [0.5, 0.6) is 0 Å². The first-order valence-corrected chi connectivity index (χ1v) is 9.28. The van der Waals surface area contributed by atoms with Crippen molar-refractivity contribution in [3.05, 3.63) is 64.1 Å². The Morgan fingerprint density at radius 2 is 1.96 bits per heavy atom. The van der Waals surface area contributed by atoms with Crippen molar-refractivity contribution in [1.29, 1.82) is 0 Å². The Morgan fingerprint density at radius 1 is 1.21 bits per heavy atom. The molecule has 1 unspecified atom stereocenters. The van der Waals surface area contributed by atoms with E-state index in [1.54, 1.807) is 0 Å². The number of hydrogen-bond acceptors (Lipinski definition) is 2. The predicted molar refractivity (Wildman–Crippen MR) is 102 cm³/mol. The highest BCUT2D eigenvalue weighted by Gasteiger charge is 2.16. The third-order valence-corrected chi connectivity index (χ3v) is 5.18. The van der Waals surface area contributed by atoms with Crippen LogP contribution in [0, 0.1) is 5.92 Å². The van der Waals surface area contributed by atoms with Gasteiger partial charge in [-0.25, -0.2) is 0 Å². The molecule has 1 fully saturated rings. The Bertz CT molecular complexity index is 699. The van der Waals surface area contributed by atoms with Gasteiger partial charge in [0.05, 0.1) is 5.69 Å². The summed E-state index contributed by atoms with van der Waals surface area (Å²) in [5.74, 6) is 0.702. The quantitative estimate of drug-likeness (QED) is 0.807. The minimum atomic E-state index is -0.0833. The summed E-state index contributed by atoms with van der Waals surface area (Å²) in [6, 6.07) is 15.6. The summed E-state index contributed by atoms with van der Waals surface area (Å²) in [5, 5.41) is 2.94. The summed E-state index contributed by atoms with van der Waals surface area (Å²) in [6.45, 7) is 5.64. The standard InChI is InChI=1S/C20H23BrN2O/c1-15-5-4-12-23(13-15)14-16-8-10-17(11-9-16)20(24)22-19-7-3-2-6-18(19)21/h2-3,6-11,15H,4-5,12-14H2,1H3,(H,22,24). The molecule has 3 rings (SSSR count). The van der Waals surface area contributed by atoms with Crippen molar-refractivity contribution < 1.29 is 4.79 Å². The third kappa shape index (κ3) is 4.46. The van der Waals surface area contributed by atoms with Crippen molar-refractivity contribution in [2.75, 3.05) is 18.4 Å².